The summed E-state index contributed by atoms with van der Waals surface area (Å²) in [6.07, 6.45) is 1.81. The van der Waals surface area contributed by atoms with Crippen molar-refractivity contribution >= 4 is 11.6 Å². The first kappa shape index (κ1) is 16.2. The summed E-state index contributed by atoms with van der Waals surface area (Å²) < 4.78 is 11.7. The lowest BCUT2D eigenvalue weighted by atomic mass is 10.2. The van der Waals surface area contributed by atoms with E-state index in [-0.39, 0.29) is 6.10 Å². The Morgan fingerprint density at radius 3 is 2.55 bits per heavy atom. The molecule has 0 aromatic heterocycles. The number of nitriles is 1. The molecule has 0 N–H and O–H groups in total. The Morgan fingerprint density at radius 2 is 1.91 bits per heavy atom. The Bertz CT molecular complexity index is 637. The highest BCUT2D eigenvalue weighted by molar-refractivity contribution is 6.31. The van der Waals surface area contributed by atoms with E-state index in [0.29, 0.717) is 22.9 Å². The van der Waals surface area contributed by atoms with Gasteiger partial charge >= 0.3 is 0 Å². The van der Waals surface area contributed by atoms with E-state index in [1.165, 1.54) is 0 Å². The number of hydrogen-bond donors (Lipinski definition) is 0. The summed E-state index contributed by atoms with van der Waals surface area (Å²) in [4.78, 5) is 0. The second-order valence-corrected chi connectivity index (χ2v) is 5.31. The molecule has 3 nitrogen and oxygen atoms in total. The van der Waals surface area contributed by atoms with Crippen LogP contribution in [0, 0.1) is 11.3 Å². The Labute approximate surface area is 136 Å². The minimum absolute atomic E-state index is 0.0609. The van der Waals surface area contributed by atoms with Crippen molar-refractivity contribution in [3.63, 3.8) is 0 Å². The zero-order valence-corrected chi connectivity index (χ0v) is 13.2. The number of hydrogen-bond acceptors (Lipinski definition) is 3. The molecule has 0 radical (unpaired) electrons. The summed E-state index contributed by atoms with van der Waals surface area (Å²) >= 11 is 6.03. The molecule has 0 aliphatic rings. The fourth-order valence-corrected chi connectivity index (χ4v) is 2.27. The summed E-state index contributed by atoms with van der Waals surface area (Å²) in [6.45, 7) is 2.57. The van der Waals surface area contributed by atoms with Crippen LogP contribution in [0.2, 0.25) is 5.02 Å². The standard InChI is InChI=1S/C18H18ClNO2/c1-2-6-17(13-21-15-7-4-3-5-8-15)22-16-10-9-14(12-20)18(19)11-16/h3-5,7-11,17H,2,6,13H2,1H3. The minimum Gasteiger partial charge on any atom is -0.490 e. The molecule has 2 rings (SSSR count). The predicted octanol–water partition coefficient (Wildman–Crippen LogP) is 4.84. The third-order valence-electron chi connectivity index (χ3n) is 3.15. The number of rotatable bonds is 7. The fraction of sp³-hybridized carbons (Fsp3) is 0.278. The lowest BCUT2D eigenvalue weighted by molar-refractivity contribution is 0.120. The third kappa shape index (κ3) is 4.68. The van der Waals surface area contributed by atoms with Crippen LogP contribution in [-0.4, -0.2) is 12.7 Å². The maximum Gasteiger partial charge on any atom is 0.133 e. The first-order valence-electron chi connectivity index (χ1n) is 7.27. The Morgan fingerprint density at radius 1 is 1.14 bits per heavy atom. The number of halogens is 1. The van der Waals surface area contributed by atoms with Crippen LogP contribution in [0.3, 0.4) is 0 Å². The van der Waals surface area contributed by atoms with E-state index in [1.807, 2.05) is 36.4 Å². The van der Waals surface area contributed by atoms with Crippen LogP contribution >= 0.6 is 11.6 Å². The molecule has 0 amide bonds. The van der Waals surface area contributed by atoms with Crippen LogP contribution in [0.4, 0.5) is 0 Å². The van der Waals surface area contributed by atoms with Crippen molar-refractivity contribution < 1.29 is 9.47 Å². The molecule has 0 bridgehead atoms. The van der Waals surface area contributed by atoms with Gasteiger partial charge in [0.2, 0.25) is 0 Å². The van der Waals surface area contributed by atoms with Crippen LogP contribution in [0.1, 0.15) is 25.3 Å². The molecule has 1 atom stereocenters. The van der Waals surface area contributed by atoms with Crippen molar-refractivity contribution in [3.05, 3.63) is 59.1 Å². The van der Waals surface area contributed by atoms with Gasteiger partial charge in [0.15, 0.2) is 0 Å². The van der Waals surface area contributed by atoms with Crippen LogP contribution in [0.5, 0.6) is 11.5 Å². The molecule has 22 heavy (non-hydrogen) atoms. The highest BCUT2D eigenvalue weighted by atomic mass is 35.5. The molecule has 2 aromatic rings. The maximum atomic E-state index is 8.89. The molecule has 0 saturated carbocycles. The van der Waals surface area contributed by atoms with Gasteiger partial charge < -0.3 is 9.47 Å². The number of nitrogens with zero attached hydrogens (tertiary/aromatic N) is 1. The van der Waals surface area contributed by atoms with Gasteiger partial charge in [0.25, 0.3) is 0 Å². The smallest absolute Gasteiger partial charge is 0.133 e. The van der Waals surface area contributed by atoms with Crippen molar-refractivity contribution in [2.45, 2.75) is 25.9 Å². The molecule has 0 aliphatic carbocycles. The van der Waals surface area contributed by atoms with Crippen molar-refractivity contribution in [2.24, 2.45) is 0 Å². The molecule has 4 heteroatoms. The zero-order valence-electron chi connectivity index (χ0n) is 12.5. The molecule has 114 valence electrons. The van der Waals surface area contributed by atoms with Crippen molar-refractivity contribution in [2.75, 3.05) is 6.61 Å². The first-order chi connectivity index (χ1) is 10.7. The van der Waals surface area contributed by atoms with Gasteiger partial charge in [-0.2, -0.15) is 5.26 Å². The van der Waals surface area contributed by atoms with E-state index < -0.39 is 0 Å². The average molecular weight is 316 g/mol. The SMILES string of the molecule is CCCC(COc1ccccc1)Oc1ccc(C#N)c(Cl)c1. The summed E-state index contributed by atoms with van der Waals surface area (Å²) in [5.74, 6) is 1.48. The molecule has 0 fully saturated rings. The average Bonchev–Trinajstić information content (AvgIpc) is 2.54. The molecular formula is C18H18ClNO2. The van der Waals surface area contributed by atoms with Gasteiger partial charge in [0.1, 0.15) is 30.3 Å². The summed E-state index contributed by atoms with van der Waals surface area (Å²) in [5, 5.41) is 9.29. The normalized spacial score (nSPS) is 11.5. The van der Waals surface area contributed by atoms with Gasteiger partial charge in [0, 0.05) is 6.07 Å². The predicted molar refractivity (Wildman–Crippen MR) is 87.4 cm³/mol. The first-order valence-corrected chi connectivity index (χ1v) is 7.65. The molecular weight excluding hydrogens is 298 g/mol. The van der Waals surface area contributed by atoms with Gasteiger partial charge in [-0.05, 0) is 30.7 Å². The molecule has 0 spiro atoms. The lowest BCUT2D eigenvalue weighted by Gasteiger charge is -2.19. The van der Waals surface area contributed by atoms with Crippen LogP contribution in [0.25, 0.3) is 0 Å². The summed E-state index contributed by atoms with van der Waals surface area (Å²) in [7, 11) is 0. The van der Waals surface area contributed by atoms with E-state index >= 15 is 0 Å². The summed E-state index contributed by atoms with van der Waals surface area (Å²) in [6, 6.07) is 16.8. The zero-order chi connectivity index (χ0) is 15.8. The Hall–Kier alpha value is -2.18. The number of benzene rings is 2. The van der Waals surface area contributed by atoms with E-state index in [1.54, 1.807) is 18.2 Å². The Balaban J connectivity index is 1.99. The highest BCUT2D eigenvalue weighted by Gasteiger charge is 2.12. The molecule has 1 unspecified atom stereocenters. The molecule has 0 saturated heterocycles. The minimum atomic E-state index is -0.0609. The fourth-order valence-electron chi connectivity index (χ4n) is 2.06. The monoisotopic (exact) mass is 315 g/mol. The molecule has 0 aliphatic heterocycles. The topological polar surface area (TPSA) is 42.2 Å². The van der Waals surface area contributed by atoms with Gasteiger partial charge in [-0.15, -0.1) is 0 Å². The van der Waals surface area contributed by atoms with Crippen molar-refractivity contribution in [3.8, 4) is 17.6 Å². The van der Waals surface area contributed by atoms with E-state index in [0.717, 1.165) is 18.6 Å². The van der Waals surface area contributed by atoms with Gasteiger partial charge in [-0.1, -0.05) is 43.1 Å². The van der Waals surface area contributed by atoms with E-state index in [2.05, 4.69) is 6.92 Å². The Kier molecular flexibility index (Phi) is 6.12. The number of para-hydroxylation sites is 1. The van der Waals surface area contributed by atoms with Crippen molar-refractivity contribution in [1.82, 2.24) is 0 Å². The number of ether oxygens (including phenoxy) is 2. The van der Waals surface area contributed by atoms with E-state index in [4.69, 9.17) is 26.3 Å². The second kappa shape index (κ2) is 8.31. The van der Waals surface area contributed by atoms with Crippen LogP contribution in [0.15, 0.2) is 48.5 Å². The molecule has 2 aromatic carbocycles. The van der Waals surface area contributed by atoms with Gasteiger partial charge in [-0.25, -0.2) is 0 Å². The van der Waals surface area contributed by atoms with Crippen LogP contribution in [-0.2, 0) is 0 Å². The van der Waals surface area contributed by atoms with E-state index in [9.17, 15) is 0 Å². The quantitative estimate of drug-likeness (QED) is 0.734. The lowest BCUT2D eigenvalue weighted by Crippen LogP contribution is -2.24. The van der Waals surface area contributed by atoms with Gasteiger partial charge in [-0.3, -0.25) is 0 Å². The largest absolute Gasteiger partial charge is 0.490 e. The highest BCUT2D eigenvalue weighted by Crippen LogP contribution is 2.23. The molecule has 0 heterocycles. The van der Waals surface area contributed by atoms with Gasteiger partial charge in [0.05, 0.1) is 10.6 Å². The third-order valence-corrected chi connectivity index (χ3v) is 3.47. The van der Waals surface area contributed by atoms with Crippen LogP contribution < -0.4 is 9.47 Å². The maximum absolute atomic E-state index is 8.89. The van der Waals surface area contributed by atoms with Crippen molar-refractivity contribution in [1.29, 1.82) is 5.26 Å². The second-order valence-electron chi connectivity index (χ2n) is 4.91. The summed E-state index contributed by atoms with van der Waals surface area (Å²) in [5.41, 5.74) is 0.446.